The predicted octanol–water partition coefficient (Wildman–Crippen LogP) is 2.24. The lowest BCUT2D eigenvalue weighted by molar-refractivity contribution is -0.119. The van der Waals surface area contributed by atoms with E-state index in [2.05, 4.69) is 15.3 Å². The van der Waals surface area contributed by atoms with Gasteiger partial charge in [0, 0.05) is 43.7 Å². The molecule has 2 N–H and O–H groups in total. The number of fused-ring (bicyclic) bond motifs is 1. The number of benzene rings is 1. The summed E-state index contributed by atoms with van der Waals surface area (Å²) in [5, 5.41) is 2.88. The molecule has 136 valence electrons. The molecule has 1 saturated heterocycles. The quantitative estimate of drug-likeness (QED) is 0.885. The smallest absolute Gasteiger partial charge is 0.254 e. The predicted molar refractivity (Wildman–Crippen MR) is 95.9 cm³/mol. The van der Waals surface area contributed by atoms with Gasteiger partial charge in [-0.2, -0.15) is 0 Å². The number of carbonyl (C=O) groups excluding carboxylic acids is 2. The Hall–Kier alpha value is -2.67. The molecule has 0 aliphatic carbocycles. The molecule has 2 atom stereocenters. The summed E-state index contributed by atoms with van der Waals surface area (Å²) in [6.45, 7) is 4.27. The number of nitrogens with one attached hydrogen (secondary N) is 2. The molecular weight excluding hydrogens is 332 g/mol. The standard InChI is InChI=1S/C19H22N4O3/c1-19(2)13-5-4-11(8-14(13)22-18(19)25)17(24)23-10-12(26-3)9-15(23)16-20-6-7-21-16/h4-8,12,15H,9-10H2,1-3H3,(H,20,21)(H,22,25)/t12-,15?/m1/s1. The zero-order valence-electron chi connectivity index (χ0n) is 15.1. The first-order valence-corrected chi connectivity index (χ1v) is 8.71. The molecule has 1 fully saturated rings. The van der Waals surface area contributed by atoms with E-state index in [0.717, 1.165) is 11.4 Å². The largest absolute Gasteiger partial charge is 0.380 e. The third-order valence-electron chi connectivity index (χ3n) is 5.45. The number of aromatic nitrogens is 2. The van der Waals surface area contributed by atoms with E-state index in [-0.39, 0.29) is 24.0 Å². The maximum atomic E-state index is 13.2. The molecule has 0 spiro atoms. The molecule has 26 heavy (non-hydrogen) atoms. The zero-order valence-corrected chi connectivity index (χ0v) is 15.1. The number of anilines is 1. The van der Waals surface area contributed by atoms with E-state index >= 15 is 0 Å². The topological polar surface area (TPSA) is 87.3 Å². The fraction of sp³-hybridized carbons (Fsp3) is 0.421. The fourth-order valence-corrected chi connectivity index (χ4v) is 3.80. The molecule has 4 rings (SSSR count). The minimum absolute atomic E-state index is 0.0258. The van der Waals surface area contributed by atoms with Crippen molar-refractivity contribution in [1.29, 1.82) is 0 Å². The molecule has 3 heterocycles. The van der Waals surface area contributed by atoms with Crippen LogP contribution in [-0.2, 0) is 14.9 Å². The fourth-order valence-electron chi connectivity index (χ4n) is 3.80. The number of imidazole rings is 1. The van der Waals surface area contributed by atoms with Crippen LogP contribution in [0.2, 0.25) is 0 Å². The van der Waals surface area contributed by atoms with Gasteiger partial charge in [-0.05, 0) is 31.5 Å². The lowest BCUT2D eigenvalue weighted by atomic mass is 9.86. The first-order chi connectivity index (χ1) is 12.4. The van der Waals surface area contributed by atoms with Gasteiger partial charge >= 0.3 is 0 Å². The number of amides is 2. The molecule has 0 saturated carbocycles. The summed E-state index contributed by atoms with van der Waals surface area (Å²) in [5.41, 5.74) is 1.60. The molecule has 7 heteroatoms. The van der Waals surface area contributed by atoms with Gasteiger partial charge in [0.25, 0.3) is 5.91 Å². The summed E-state index contributed by atoms with van der Waals surface area (Å²) < 4.78 is 5.48. The van der Waals surface area contributed by atoms with Crippen molar-refractivity contribution in [3.63, 3.8) is 0 Å². The average molecular weight is 354 g/mol. The number of nitrogens with zero attached hydrogens (tertiary/aromatic N) is 2. The Kier molecular flexibility index (Phi) is 3.84. The second-order valence-corrected chi connectivity index (χ2v) is 7.38. The number of methoxy groups -OCH3 is 1. The molecule has 2 aliphatic heterocycles. The lowest BCUT2D eigenvalue weighted by Gasteiger charge is -2.23. The Morgan fingerprint density at radius 3 is 2.88 bits per heavy atom. The first-order valence-electron chi connectivity index (χ1n) is 8.71. The van der Waals surface area contributed by atoms with Gasteiger partial charge in [0.05, 0.1) is 17.6 Å². The summed E-state index contributed by atoms with van der Waals surface area (Å²) >= 11 is 0. The van der Waals surface area contributed by atoms with E-state index in [9.17, 15) is 9.59 Å². The van der Waals surface area contributed by atoms with Crippen molar-refractivity contribution in [2.45, 2.75) is 37.8 Å². The molecule has 2 aliphatic rings. The second kappa shape index (κ2) is 5.95. The second-order valence-electron chi connectivity index (χ2n) is 7.38. The Bertz CT molecular complexity index is 860. The van der Waals surface area contributed by atoms with Crippen molar-refractivity contribution in [1.82, 2.24) is 14.9 Å². The van der Waals surface area contributed by atoms with Crippen LogP contribution in [-0.4, -0.2) is 46.4 Å². The monoisotopic (exact) mass is 354 g/mol. The number of ether oxygens (including phenoxy) is 1. The molecule has 0 radical (unpaired) electrons. The number of hydrogen-bond donors (Lipinski definition) is 2. The molecule has 0 bridgehead atoms. The molecule has 2 amide bonds. The number of carbonyl (C=O) groups is 2. The zero-order chi connectivity index (χ0) is 18.5. The van der Waals surface area contributed by atoms with Gasteiger partial charge in [0.2, 0.25) is 5.91 Å². The van der Waals surface area contributed by atoms with E-state index in [0.29, 0.717) is 24.2 Å². The van der Waals surface area contributed by atoms with E-state index in [4.69, 9.17) is 4.74 Å². The normalized spacial score (nSPS) is 23.8. The lowest BCUT2D eigenvalue weighted by Crippen LogP contribution is -2.32. The van der Waals surface area contributed by atoms with Gasteiger partial charge in [-0.3, -0.25) is 9.59 Å². The van der Waals surface area contributed by atoms with Crippen molar-refractivity contribution < 1.29 is 14.3 Å². The van der Waals surface area contributed by atoms with Crippen LogP contribution in [0.25, 0.3) is 0 Å². The molecule has 1 unspecified atom stereocenters. The van der Waals surface area contributed by atoms with Crippen LogP contribution in [0.5, 0.6) is 0 Å². The van der Waals surface area contributed by atoms with E-state index in [1.54, 1.807) is 36.5 Å². The Labute approximate surface area is 151 Å². The highest BCUT2D eigenvalue weighted by Gasteiger charge is 2.41. The van der Waals surface area contributed by atoms with E-state index in [1.807, 2.05) is 19.9 Å². The average Bonchev–Trinajstić information content (AvgIpc) is 3.33. The number of rotatable bonds is 3. The SMILES string of the molecule is CO[C@@H]1CC(c2ncc[nH]2)N(C(=O)c2ccc3c(c2)NC(=O)C3(C)C)C1. The van der Waals surface area contributed by atoms with Crippen molar-refractivity contribution in [3.05, 3.63) is 47.5 Å². The number of H-pyrrole nitrogens is 1. The molecule has 1 aromatic carbocycles. The molecular formula is C19H22N4O3. The van der Waals surface area contributed by atoms with Crippen LogP contribution < -0.4 is 5.32 Å². The van der Waals surface area contributed by atoms with Crippen LogP contribution in [0.4, 0.5) is 5.69 Å². The minimum atomic E-state index is -0.581. The highest BCUT2D eigenvalue weighted by Crippen LogP contribution is 2.39. The van der Waals surface area contributed by atoms with E-state index in [1.165, 1.54) is 0 Å². The van der Waals surface area contributed by atoms with Gasteiger partial charge in [-0.1, -0.05) is 6.07 Å². The minimum Gasteiger partial charge on any atom is -0.380 e. The van der Waals surface area contributed by atoms with Gasteiger partial charge in [-0.25, -0.2) is 4.98 Å². The van der Waals surface area contributed by atoms with Crippen molar-refractivity contribution in [3.8, 4) is 0 Å². The highest BCUT2D eigenvalue weighted by molar-refractivity contribution is 6.07. The third-order valence-corrected chi connectivity index (χ3v) is 5.45. The van der Waals surface area contributed by atoms with Crippen molar-refractivity contribution >= 4 is 17.5 Å². The van der Waals surface area contributed by atoms with Gasteiger partial charge < -0.3 is 19.9 Å². The van der Waals surface area contributed by atoms with Crippen LogP contribution >= 0.6 is 0 Å². The summed E-state index contributed by atoms with van der Waals surface area (Å²) in [4.78, 5) is 34.5. The maximum absolute atomic E-state index is 13.2. The van der Waals surface area contributed by atoms with E-state index < -0.39 is 5.41 Å². The number of hydrogen-bond acceptors (Lipinski definition) is 4. The summed E-state index contributed by atoms with van der Waals surface area (Å²) in [5.74, 6) is 0.618. The Morgan fingerprint density at radius 2 is 2.19 bits per heavy atom. The summed E-state index contributed by atoms with van der Waals surface area (Å²) in [7, 11) is 1.66. The van der Waals surface area contributed by atoms with Gasteiger partial charge in [0.1, 0.15) is 5.82 Å². The summed E-state index contributed by atoms with van der Waals surface area (Å²) in [6, 6.07) is 5.28. The number of likely N-dealkylation sites (tertiary alicyclic amines) is 1. The highest BCUT2D eigenvalue weighted by atomic mass is 16.5. The van der Waals surface area contributed by atoms with Crippen LogP contribution in [0.15, 0.2) is 30.6 Å². The van der Waals surface area contributed by atoms with Crippen LogP contribution in [0.1, 0.15) is 48.1 Å². The molecule has 7 nitrogen and oxygen atoms in total. The van der Waals surface area contributed by atoms with Crippen LogP contribution in [0.3, 0.4) is 0 Å². The van der Waals surface area contributed by atoms with Gasteiger partial charge in [0.15, 0.2) is 0 Å². The Balaban J connectivity index is 1.65. The summed E-state index contributed by atoms with van der Waals surface area (Å²) in [6.07, 6.45) is 4.11. The van der Waals surface area contributed by atoms with Gasteiger partial charge in [-0.15, -0.1) is 0 Å². The Morgan fingerprint density at radius 1 is 1.38 bits per heavy atom. The maximum Gasteiger partial charge on any atom is 0.254 e. The molecule has 1 aromatic heterocycles. The number of aromatic amines is 1. The third kappa shape index (κ3) is 2.50. The first kappa shape index (κ1) is 16.8. The van der Waals surface area contributed by atoms with Crippen molar-refractivity contribution in [2.75, 3.05) is 19.0 Å². The molecule has 2 aromatic rings. The van der Waals surface area contributed by atoms with Crippen molar-refractivity contribution in [2.24, 2.45) is 0 Å². The van der Waals surface area contributed by atoms with Crippen LogP contribution in [0, 0.1) is 0 Å².